The van der Waals surface area contributed by atoms with E-state index >= 15 is 0 Å². The van der Waals surface area contributed by atoms with E-state index in [4.69, 9.17) is 4.74 Å². The SMILES string of the molecule is COC(=O)c1cn(-c2nc3c(c(=O)n(Cc4ccccc4)c(=O)n3C)n2Cc2ccccc2)cn1. The van der Waals surface area contributed by atoms with Gasteiger partial charge in [0, 0.05) is 13.2 Å². The first-order chi connectivity index (χ1) is 17.0. The number of esters is 1. The molecule has 0 fully saturated rings. The molecule has 0 amide bonds. The molecule has 0 N–H and O–H groups in total. The van der Waals surface area contributed by atoms with Gasteiger partial charge >= 0.3 is 11.7 Å². The molecule has 5 rings (SSSR count). The Hall–Kier alpha value is -4.73. The van der Waals surface area contributed by atoms with E-state index in [1.807, 2.05) is 60.7 Å². The van der Waals surface area contributed by atoms with Gasteiger partial charge in [0.25, 0.3) is 5.56 Å². The minimum atomic E-state index is -0.591. The maximum atomic E-state index is 13.7. The zero-order valence-corrected chi connectivity index (χ0v) is 19.2. The Kier molecular flexibility index (Phi) is 5.61. The Morgan fingerprint density at radius 2 is 1.51 bits per heavy atom. The Morgan fingerprint density at radius 1 is 0.914 bits per heavy atom. The second-order valence-electron chi connectivity index (χ2n) is 8.03. The first-order valence-corrected chi connectivity index (χ1v) is 10.9. The third kappa shape index (κ3) is 3.95. The highest BCUT2D eigenvalue weighted by Gasteiger charge is 2.22. The molecule has 5 aromatic rings. The van der Waals surface area contributed by atoms with Crippen molar-refractivity contribution in [3.8, 4) is 5.95 Å². The highest BCUT2D eigenvalue weighted by molar-refractivity contribution is 5.87. The molecule has 0 saturated carbocycles. The monoisotopic (exact) mass is 470 g/mol. The fourth-order valence-electron chi connectivity index (χ4n) is 4.02. The number of ether oxygens (including phenoxy) is 1. The van der Waals surface area contributed by atoms with Crippen molar-refractivity contribution in [2.45, 2.75) is 13.1 Å². The van der Waals surface area contributed by atoms with Crippen molar-refractivity contribution in [3.63, 3.8) is 0 Å². The van der Waals surface area contributed by atoms with E-state index in [0.29, 0.717) is 12.5 Å². The molecule has 10 heteroatoms. The molecule has 0 atom stereocenters. The summed E-state index contributed by atoms with van der Waals surface area (Å²) in [6.07, 6.45) is 2.91. The summed E-state index contributed by atoms with van der Waals surface area (Å²) in [5.41, 5.74) is 1.46. The lowest BCUT2D eigenvalue weighted by molar-refractivity contribution is 0.0594. The van der Waals surface area contributed by atoms with Crippen molar-refractivity contribution in [2.75, 3.05) is 7.11 Å². The zero-order chi connectivity index (χ0) is 24.5. The number of aryl methyl sites for hydroxylation is 1. The van der Waals surface area contributed by atoms with Gasteiger partial charge in [0.05, 0.1) is 20.2 Å². The van der Waals surface area contributed by atoms with Crippen LogP contribution in [0.2, 0.25) is 0 Å². The first-order valence-electron chi connectivity index (χ1n) is 10.9. The van der Waals surface area contributed by atoms with Crippen molar-refractivity contribution in [2.24, 2.45) is 7.05 Å². The maximum Gasteiger partial charge on any atom is 0.358 e. The lowest BCUT2D eigenvalue weighted by Crippen LogP contribution is -2.40. The van der Waals surface area contributed by atoms with Crippen LogP contribution in [0.15, 0.2) is 82.8 Å². The summed E-state index contributed by atoms with van der Waals surface area (Å²) in [5, 5.41) is 0. The van der Waals surface area contributed by atoms with Gasteiger partial charge in [0.1, 0.15) is 6.33 Å². The molecule has 0 spiro atoms. The number of carbonyl (C=O) groups excluding carboxylic acids is 1. The lowest BCUT2D eigenvalue weighted by Gasteiger charge is -2.11. The Bertz CT molecular complexity index is 1640. The summed E-state index contributed by atoms with van der Waals surface area (Å²) in [4.78, 5) is 47.5. The van der Waals surface area contributed by atoms with E-state index in [2.05, 4.69) is 9.97 Å². The fraction of sp³-hybridized carbons (Fsp3) is 0.160. The van der Waals surface area contributed by atoms with Crippen molar-refractivity contribution < 1.29 is 9.53 Å². The molecule has 0 bridgehead atoms. The summed E-state index contributed by atoms with van der Waals surface area (Å²) in [5.74, 6) is -0.247. The van der Waals surface area contributed by atoms with E-state index in [9.17, 15) is 14.4 Å². The van der Waals surface area contributed by atoms with Crippen LogP contribution in [0.4, 0.5) is 0 Å². The second kappa shape index (κ2) is 8.90. The number of methoxy groups -OCH3 is 1. The van der Waals surface area contributed by atoms with Gasteiger partial charge in [-0.3, -0.25) is 23.1 Å². The van der Waals surface area contributed by atoms with E-state index in [-0.39, 0.29) is 23.4 Å². The zero-order valence-electron chi connectivity index (χ0n) is 19.2. The van der Waals surface area contributed by atoms with Crippen molar-refractivity contribution in [3.05, 3.63) is 111 Å². The van der Waals surface area contributed by atoms with Gasteiger partial charge in [-0.1, -0.05) is 60.7 Å². The summed E-state index contributed by atoms with van der Waals surface area (Å²) in [6, 6.07) is 18.9. The van der Waals surface area contributed by atoms with Crippen molar-refractivity contribution in [1.29, 1.82) is 0 Å². The Labute approximate surface area is 199 Å². The van der Waals surface area contributed by atoms with Crippen LogP contribution in [0.3, 0.4) is 0 Å². The van der Waals surface area contributed by atoms with E-state index in [0.717, 1.165) is 11.1 Å². The number of hydrogen-bond acceptors (Lipinski definition) is 6. The van der Waals surface area contributed by atoms with Gasteiger partial charge < -0.3 is 4.74 Å². The van der Waals surface area contributed by atoms with E-state index < -0.39 is 17.2 Å². The molecule has 0 radical (unpaired) electrons. The molecule has 35 heavy (non-hydrogen) atoms. The minimum Gasteiger partial charge on any atom is -0.464 e. The molecule has 176 valence electrons. The highest BCUT2D eigenvalue weighted by Crippen LogP contribution is 2.18. The third-order valence-corrected chi connectivity index (χ3v) is 5.79. The molecular weight excluding hydrogens is 448 g/mol. The number of imidazole rings is 2. The topological polar surface area (TPSA) is 106 Å². The molecule has 0 aliphatic rings. The second-order valence-corrected chi connectivity index (χ2v) is 8.03. The lowest BCUT2D eigenvalue weighted by atomic mass is 10.2. The summed E-state index contributed by atoms with van der Waals surface area (Å²) < 4.78 is 10.6. The van der Waals surface area contributed by atoms with Gasteiger partial charge in [-0.15, -0.1) is 0 Å². The van der Waals surface area contributed by atoms with Gasteiger partial charge in [0.15, 0.2) is 16.9 Å². The number of hydrogen-bond donors (Lipinski definition) is 0. The number of carbonyl (C=O) groups is 1. The van der Waals surface area contributed by atoms with Gasteiger partial charge in [-0.25, -0.2) is 14.6 Å². The first kappa shape index (κ1) is 22.1. The smallest absolute Gasteiger partial charge is 0.358 e. The standard InChI is InChI=1S/C25H22N6O4/c1-28-21-20(22(32)31(25(28)34)14-18-11-7-4-8-12-18)30(13-17-9-5-3-6-10-17)24(27-21)29-15-19(26-16-29)23(33)35-2/h3-12,15-16H,13-14H2,1-2H3. The van der Waals surface area contributed by atoms with Crippen LogP contribution >= 0.6 is 0 Å². The minimum absolute atomic E-state index is 0.0983. The molecule has 0 saturated heterocycles. The maximum absolute atomic E-state index is 13.7. The summed E-state index contributed by atoms with van der Waals surface area (Å²) in [6.45, 7) is 0.447. The van der Waals surface area contributed by atoms with Crippen LogP contribution in [-0.4, -0.2) is 41.3 Å². The van der Waals surface area contributed by atoms with Gasteiger partial charge in [-0.05, 0) is 11.1 Å². The van der Waals surface area contributed by atoms with Crippen LogP contribution in [-0.2, 0) is 24.9 Å². The average Bonchev–Trinajstić information content (AvgIpc) is 3.52. The number of aromatic nitrogens is 6. The molecular formula is C25H22N6O4. The van der Waals surface area contributed by atoms with E-state index in [1.54, 1.807) is 16.2 Å². The number of fused-ring (bicyclic) bond motifs is 1. The van der Waals surface area contributed by atoms with Crippen molar-refractivity contribution >= 4 is 17.1 Å². The fourth-order valence-corrected chi connectivity index (χ4v) is 4.02. The Balaban J connectivity index is 1.76. The summed E-state index contributed by atoms with van der Waals surface area (Å²) >= 11 is 0. The highest BCUT2D eigenvalue weighted by atomic mass is 16.5. The number of nitrogens with zero attached hydrogens (tertiary/aromatic N) is 6. The number of rotatable bonds is 6. The van der Waals surface area contributed by atoms with Crippen LogP contribution in [0, 0.1) is 0 Å². The third-order valence-electron chi connectivity index (χ3n) is 5.79. The van der Waals surface area contributed by atoms with E-state index in [1.165, 1.54) is 28.8 Å². The average molecular weight is 470 g/mol. The van der Waals surface area contributed by atoms with Crippen LogP contribution in [0.1, 0.15) is 21.6 Å². The van der Waals surface area contributed by atoms with Crippen LogP contribution in [0.5, 0.6) is 0 Å². The number of benzene rings is 2. The van der Waals surface area contributed by atoms with Crippen molar-refractivity contribution in [1.82, 2.24) is 28.2 Å². The summed E-state index contributed by atoms with van der Waals surface area (Å²) in [7, 11) is 2.86. The predicted octanol–water partition coefficient (Wildman–Crippen LogP) is 1.97. The van der Waals surface area contributed by atoms with Gasteiger partial charge in [0.2, 0.25) is 5.95 Å². The molecule has 0 unspecified atom stereocenters. The normalized spacial score (nSPS) is 11.1. The quantitative estimate of drug-likeness (QED) is 0.351. The van der Waals surface area contributed by atoms with Gasteiger partial charge in [-0.2, -0.15) is 4.98 Å². The molecule has 3 aromatic heterocycles. The predicted molar refractivity (Wildman–Crippen MR) is 129 cm³/mol. The molecule has 0 aliphatic carbocycles. The molecule has 2 aromatic carbocycles. The van der Waals surface area contributed by atoms with Crippen LogP contribution < -0.4 is 11.2 Å². The molecule has 10 nitrogen and oxygen atoms in total. The molecule has 3 heterocycles. The largest absolute Gasteiger partial charge is 0.464 e. The van der Waals surface area contributed by atoms with Crippen LogP contribution in [0.25, 0.3) is 17.1 Å². The Morgan fingerprint density at radius 3 is 2.11 bits per heavy atom. The molecule has 0 aliphatic heterocycles.